The van der Waals surface area contributed by atoms with Crippen molar-refractivity contribution in [2.75, 3.05) is 0 Å². The molecule has 2 atom stereocenters. The number of quaternary nitrogens is 1. The molecule has 74 valence electrons. The molecule has 1 fully saturated rings. The van der Waals surface area contributed by atoms with Crippen LogP contribution in [-0.2, 0) is 4.79 Å². The van der Waals surface area contributed by atoms with Crippen LogP contribution in [0.25, 0.3) is 0 Å². The summed E-state index contributed by atoms with van der Waals surface area (Å²) in [7, 11) is 0. The lowest BCUT2D eigenvalue weighted by Gasteiger charge is -2.19. The van der Waals surface area contributed by atoms with Gasteiger partial charge in [-0.1, -0.05) is 33.6 Å². The van der Waals surface area contributed by atoms with E-state index >= 15 is 0 Å². The van der Waals surface area contributed by atoms with Crippen molar-refractivity contribution >= 4 is 21.8 Å². The molecule has 6 heteroatoms. The summed E-state index contributed by atoms with van der Waals surface area (Å²) in [5.41, 5.74) is 5.26. The number of amides is 1. The Bertz CT molecular complexity index is 354. The van der Waals surface area contributed by atoms with Gasteiger partial charge in [0.2, 0.25) is 6.04 Å². The molecule has 5 nitrogen and oxygen atoms in total. The quantitative estimate of drug-likeness (QED) is 0.590. The van der Waals surface area contributed by atoms with Crippen LogP contribution in [0.2, 0.25) is 0 Å². The third-order valence-electron chi connectivity index (χ3n) is 2.04. The Morgan fingerprint density at radius 2 is 2.00 bits per heavy atom. The van der Waals surface area contributed by atoms with E-state index in [-0.39, 0.29) is 11.1 Å². The van der Waals surface area contributed by atoms with Gasteiger partial charge in [0.1, 0.15) is 0 Å². The Morgan fingerprint density at radius 1 is 1.36 bits per heavy atom. The maximum Gasteiger partial charge on any atom is 0.303 e. The molecular formula is C8H8BrN3O2. The second kappa shape index (κ2) is 3.66. The minimum absolute atomic E-state index is 0.308. The van der Waals surface area contributed by atoms with Crippen LogP contribution >= 0.6 is 15.9 Å². The Labute approximate surface area is 88.7 Å². The molecular weight excluding hydrogens is 250 g/mol. The van der Waals surface area contributed by atoms with Gasteiger partial charge in [0, 0.05) is 10.0 Å². The van der Waals surface area contributed by atoms with E-state index in [4.69, 9.17) is 0 Å². The Balaban J connectivity index is 2.30. The van der Waals surface area contributed by atoms with Gasteiger partial charge in [0.15, 0.2) is 0 Å². The number of benzene rings is 1. The first kappa shape index (κ1) is 9.60. The number of hydrogen-bond acceptors (Lipinski definition) is 3. The number of rotatable bonds is 1. The molecule has 3 N–H and O–H groups in total. The molecule has 0 bridgehead atoms. The lowest BCUT2D eigenvalue weighted by atomic mass is 10.1. The average Bonchev–Trinajstić information content (AvgIpc) is 2.49. The van der Waals surface area contributed by atoms with Crippen molar-refractivity contribution < 1.29 is 9.97 Å². The molecule has 0 radical (unpaired) electrons. The highest BCUT2D eigenvalue weighted by Gasteiger charge is 2.33. The number of hydroxylamine groups is 1. The third kappa shape index (κ3) is 1.64. The number of hydrazine groups is 1. The summed E-state index contributed by atoms with van der Waals surface area (Å²) in [6.45, 7) is 0. The first-order valence-electron chi connectivity index (χ1n) is 4.03. The highest BCUT2D eigenvalue weighted by Crippen LogP contribution is 2.15. The molecule has 0 aromatic heterocycles. The molecule has 1 amide bonds. The van der Waals surface area contributed by atoms with E-state index in [1.54, 1.807) is 24.3 Å². The number of nitrogens with one attached hydrogen (secondary N) is 3. The molecule has 1 aromatic rings. The maximum atomic E-state index is 11.3. The van der Waals surface area contributed by atoms with E-state index in [1.165, 1.54) is 0 Å². The zero-order valence-electron chi connectivity index (χ0n) is 7.08. The standard InChI is InChI=1S/C8H8BrN3O2/c9-6-3-1-5(2-4-6)7-8(13)10-11-12(7)14/h1-4,7,11-12H,(H,10,13). The van der Waals surface area contributed by atoms with Crippen LogP contribution in [0.5, 0.6) is 0 Å². The van der Waals surface area contributed by atoms with Gasteiger partial charge in [-0.15, -0.1) is 0 Å². The molecule has 1 aromatic carbocycles. The van der Waals surface area contributed by atoms with E-state index in [9.17, 15) is 10.0 Å². The second-order valence-corrected chi connectivity index (χ2v) is 3.88. The highest BCUT2D eigenvalue weighted by atomic mass is 79.9. The minimum Gasteiger partial charge on any atom is -0.611 e. The largest absolute Gasteiger partial charge is 0.611 e. The summed E-state index contributed by atoms with van der Waals surface area (Å²) in [5, 5.41) is 11.0. The van der Waals surface area contributed by atoms with Gasteiger partial charge in [-0.3, -0.25) is 9.97 Å². The molecule has 1 aliphatic rings. The maximum absolute atomic E-state index is 11.3. The summed E-state index contributed by atoms with van der Waals surface area (Å²) >= 11 is 3.28. The zero-order chi connectivity index (χ0) is 10.1. The summed E-state index contributed by atoms with van der Waals surface area (Å²) in [6, 6.07) is 6.38. The monoisotopic (exact) mass is 257 g/mol. The first-order chi connectivity index (χ1) is 6.68. The van der Waals surface area contributed by atoms with Gasteiger partial charge >= 0.3 is 5.91 Å². The first-order valence-corrected chi connectivity index (χ1v) is 4.83. The molecule has 2 unspecified atom stereocenters. The van der Waals surface area contributed by atoms with Crippen molar-refractivity contribution in [2.24, 2.45) is 0 Å². The summed E-state index contributed by atoms with van der Waals surface area (Å²) in [6.07, 6.45) is 0. The fourth-order valence-electron chi connectivity index (χ4n) is 1.34. The SMILES string of the molecule is O=C1NN[NH+]([O-])C1c1ccc(Br)cc1. The summed E-state index contributed by atoms with van der Waals surface area (Å²) < 4.78 is 0.917. The Hall–Kier alpha value is -0.950. The van der Waals surface area contributed by atoms with Crippen molar-refractivity contribution in [3.05, 3.63) is 39.5 Å². The molecule has 1 saturated heterocycles. The van der Waals surface area contributed by atoms with Crippen LogP contribution in [0, 0.1) is 5.21 Å². The third-order valence-corrected chi connectivity index (χ3v) is 2.57. The van der Waals surface area contributed by atoms with E-state index in [2.05, 4.69) is 26.9 Å². The molecule has 2 rings (SSSR count). The topological polar surface area (TPSA) is 68.6 Å². The van der Waals surface area contributed by atoms with Gasteiger partial charge < -0.3 is 5.21 Å². The van der Waals surface area contributed by atoms with Gasteiger partial charge in [0.05, 0.1) is 0 Å². The predicted molar refractivity (Wildman–Crippen MR) is 52.5 cm³/mol. The number of hydrogen-bond donors (Lipinski definition) is 3. The van der Waals surface area contributed by atoms with Crippen molar-refractivity contribution in [3.8, 4) is 0 Å². The van der Waals surface area contributed by atoms with Crippen LogP contribution in [0.15, 0.2) is 28.7 Å². The highest BCUT2D eigenvalue weighted by molar-refractivity contribution is 9.10. The average molecular weight is 258 g/mol. The fraction of sp³-hybridized carbons (Fsp3) is 0.125. The molecule has 1 aliphatic heterocycles. The predicted octanol–water partition coefficient (Wildman–Crippen LogP) is -0.578. The number of carbonyl (C=O) groups is 1. The van der Waals surface area contributed by atoms with Crippen molar-refractivity contribution in [2.45, 2.75) is 6.04 Å². The van der Waals surface area contributed by atoms with E-state index < -0.39 is 6.04 Å². The van der Waals surface area contributed by atoms with Gasteiger partial charge in [0.25, 0.3) is 0 Å². The van der Waals surface area contributed by atoms with Crippen LogP contribution in [0.1, 0.15) is 11.6 Å². The van der Waals surface area contributed by atoms with E-state index in [0.29, 0.717) is 5.56 Å². The van der Waals surface area contributed by atoms with Gasteiger partial charge in [-0.2, -0.15) is 0 Å². The number of carbonyl (C=O) groups excluding carboxylic acids is 1. The second-order valence-electron chi connectivity index (χ2n) is 2.96. The van der Waals surface area contributed by atoms with Gasteiger partial charge in [-0.05, 0) is 12.1 Å². The molecule has 0 saturated carbocycles. The smallest absolute Gasteiger partial charge is 0.303 e. The molecule has 0 spiro atoms. The van der Waals surface area contributed by atoms with E-state index in [0.717, 1.165) is 4.47 Å². The van der Waals surface area contributed by atoms with Crippen molar-refractivity contribution in [1.82, 2.24) is 11.0 Å². The molecule has 14 heavy (non-hydrogen) atoms. The minimum atomic E-state index is -0.719. The van der Waals surface area contributed by atoms with Gasteiger partial charge in [-0.25, -0.2) is 5.43 Å². The van der Waals surface area contributed by atoms with Crippen molar-refractivity contribution in [3.63, 3.8) is 0 Å². The summed E-state index contributed by atoms with van der Waals surface area (Å²) in [4.78, 5) is 11.3. The van der Waals surface area contributed by atoms with Crippen molar-refractivity contribution in [1.29, 1.82) is 0 Å². The molecule has 1 heterocycles. The fourth-order valence-corrected chi connectivity index (χ4v) is 1.61. The normalized spacial score (nSPS) is 26.3. The Morgan fingerprint density at radius 3 is 2.50 bits per heavy atom. The summed E-state index contributed by atoms with van der Waals surface area (Å²) in [5.74, 6) is -0.308. The zero-order valence-corrected chi connectivity index (χ0v) is 8.67. The van der Waals surface area contributed by atoms with E-state index in [1.807, 2.05) is 0 Å². The number of halogens is 1. The van der Waals surface area contributed by atoms with Crippen LogP contribution in [0.3, 0.4) is 0 Å². The lowest BCUT2D eigenvalue weighted by molar-refractivity contribution is -0.911. The lowest BCUT2D eigenvalue weighted by Crippen LogP contribution is -3.12. The Kier molecular flexibility index (Phi) is 2.51. The van der Waals surface area contributed by atoms with Crippen LogP contribution in [-0.4, -0.2) is 5.91 Å². The van der Waals surface area contributed by atoms with Crippen LogP contribution < -0.4 is 16.1 Å². The molecule has 0 aliphatic carbocycles. The van der Waals surface area contributed by atoms with Crippen LogP contribution in [0.4, 0.5) is 0 Å².